The summed E-state index contributed by atoms with van der Waals surface area (Å²) in [5.41, 5.74) is 0.465. The second-order valence-electron chi connectivity index (χ2n) is 19.6. The fraction of sp³-hybridized carbons (Fsp3) is 0.864. The van der Waals surface area contributed by atoms with Crippen molar-refractivity contribution in [2.45, 2.75) is 297 Å². The van der Waals surface area contributed by atoms with Gasteiger partial charge in [-0.3, -0.25) is 4.79 Å². The van der Waals surface area contributed by atoms with E-state index >= 15 is 0 Å². The minimum absolute atomic E-state index is 0.217. The first-order chi connectivity index (χ1) is 32.5. The van der Waals surface area contributed by atoms with Gasteiger partial charge in [-0.15, -0.1) is 0 Å². The molecule has 386 valence electrons. The maximum atomic E-state index is 13.6. The highest BCUT2D eigenvalue weighted by molar-refractivity contribution is 5.91. The molecular weight excluding hydrogens is 821 g/mol. The van der Waals surface area contributed by atoms with Crippen LogP contribution in [0.3, 0.4) is 0 Å². The van der Waals surface area contributed by atoms with Crippen molar-refractivity contribution in [3.63, 3.8) is 0 Å². The van der Waals surface area contributed by atoms with Crippen LogP contribution in [0.25, 0.3) is 0 Å². The van der Waals surface area contributed by atoms with Crippen LogP contribution in [-0.4, -0.2) is 45.0 Å². The van der Waals surface area contributed by atoms with E-state index in [1.54, 1.807) is 0 Å². The second kappa shape index (κ2) is 49.0. The second-order valence-corrected chi connectivity index (χ2v) is 19.6. The summed E-state index contributed by atoms with van der Waals surface area (Å²) < 4.78 is 30.5. The Kier molecular flexibility index (Phi) is 45.7. The first-order valence-electron chi connectivity index (χ1n) is 28.9. The van der Waals surface area contributed by atoms with E-state index in [0.717, 1.165) is 77.0 Å². The van der Waals surface area contributed by atoms with Crippen LogP contribution >= 0.6 is 0 Å². The Morgan fingerprint density at radius 1 is 0.318 bits per heavy atom. The molecule has 0 aliphatic carbocycles. The van der Waals surface area contributed by atoms with Crippen LogP contribution in [-0.2, 0) is 14.3 Å². The highest BCUT2D eigenvalue weighted by Gasteiger charge is 2.20. The van der Waals surface area contributed by atoms with Gasteiger partial charge in [0.05, 0.1) is 38.6 Å². The Labute approximate surface area is 409 Å². The largest absolute Gasteiger partial charge is 0.490 e. The van der Waals surface area contributed by atoms with Crippen molar-refractivity contribution < 1.29 is 33.3 Å². The van der Waals surface area contributed by atoms with E-state index in [0.29, 0.717) is 55.8 Å². The summed E-state index contributed by atoms with van der Waals surface area (Å²) in [5.74, 6) is 1.29. The number of rotatable bonds is 52. The molecule has 0 N–H and O–H groups in total. The molecule has 7 heteroatoms. The van der Waals surface area contributed by atoms with E-state index in [1.807, 2.05) is 12.1 Å². The van der Waals surface area contributed by atoms with Crippen molar-refractivity contribution in [1.29, 1.82) is 0 Å². The minimum Gasteiger partial charge on any atom is -0.490 e. The molecule has 0 radical (unpaired) electrons. The molecule has 0 heterocycles. The average molecular weight is 930 g/mol. The van der Waals surface area contributed by atoms with Crippen molar-refractivity contribution in [2.75, 3.05) is 33.0 Å². The van der Waals surface area contributed by atoms with Crippen molar-refractivity contribution in [1.82, 2.24) is 0 Å². The molecule has 0 aliphatic rings. The van der Waals surface area contributed by atoms with Crippen molar-refractivity contribution in [3.8, 4) is 17.2 Å². The van der Waals surface area contributed by atoms with Crippen LogP contribution in [0.1, 0.15) is 308 Å². The molecule has 0 saturated heterocycles. The molecule has 0 atom stereocenters. The van der Waals surface area contributed by atoms with Crippen LogP contribution in [0.2, 0.25) is 0 Å². The number of hydrogen-bond donors (Lipinski definition) is 0. The maximum Gasteiger partial charge on any atom is 0.338 e. The molecule has 66 heavy (non-hydrogen) atoms. The zero-order valence-corrected chi connectivity index (χ0v) is 44.2. The molecule has 0 aromatic heterocycles. The lowest BCUT2D eigenvalue weighted by Crippen LogP contribution is -2.11. The van der Waals surface area contributed by atoms with Gasteiger partial charge in [-0.25, -0.2) is 4.79 Å². The number of carbonyl (C=O) groups excluding carboxylic acids is 2. The van der Waals surface area contributed by atoms with E-state index in [1.165, 1.54) is 200 Å². The predicted molar refractivity (Wildman–Crippen MR) is 281 cm³/mol. The fourth-order valence-electron chi connectivity index (χ4n) is 8.79. The van der Waals surface area contributed by atoms with Gasteiger partial charge in [-0.05, 0) is 44.2 Å². The molecular formula is C59H108O7. The van der Waals surface area contributed by atoms with Gasteiger partial charge in [-0.1, -0.05) is 258 Å². The lowest BCUT2D eigenvalue weighted by molar-refractivity contribution is -0.141. The van der Waals surface area contributed by atoms with Crippen LogP contribution in [0.4, 0.5) is 0 Å². The van der Waals surface area contributed by atoms with Crippen molar-refractivity contribution in [3.05, 3.63) is 17.7 Å². The lowest BCUT2D eigenvalue weighted by atomic mass is 10.1. The molecule has 0 amide bonds. The molecule has 0 saturated carbocycles. The topological polar surface area (TPSA) is 80.3 Å². The van der Waals surface area contributed by atoms with Gasteiger partial charge in [0.2, 0.25) is 5.75 Å². The highest BCUT2D eigenvalue weighted by atomic mass is 16.5. The average Bonchev–Trinajstić information content (AvgIpc) is 3.31. The Bertz CT molecular complexity index is 1150. The third kappa shape index (κ3) is 39.5. The summed E-state index contributed by atoms with van der Waals surface area (Å²) in [5, 5.41) is 0. The molecule has 0 fully saturated rings. The molecule has 0 spiro atoms. The van der Waals surface area contributed by atoms with E-state index < -0.39 is 0 Å². The Hall–Kier alpha value is -2.44. The Balaban J connectivity index is 2.85. The van der Waals surface area contributed by atoms with E-state index in [-0.39, 0.29) is 11.9 Å². The standard InChI is InChI=1S/C59H108O7/c1-5-8-11-14-17-20-23-26-29-32-38-43-48-63-56-52-55(59(61)66-51-46-41-36-35-37-42-47-62-54(4)60)53-57(64-49-44-39-33-30-27-24-21-18-15-12-9-6-2)58(56)65-50-45-40-34-31-28-25-22-19-16-13-10-7-3/h52-53H,5-51H2,1-4H3. The van der Waals surface area contributed by atoms with E-state index in [2.05, 4.69) is 20.8 Å². The number of hydrogen-bond acceptors (Lipinski definition) is 7. The van der Waals surface area contributed by atoms with Gasteiger partial charge in [0.25, 0.3) is 0 Å². The monoisotopic (exact) mass is 929 g/mol. The predicted octanol–water partition coefficient (Wildman–Crippen LogP) is 19.0. The summed E-state index contributed by atoms with van der Waals surface area (Å²) in [6, 6.07) is 3.67. The number of esters is 2. The molecule has 0 aliphatic heterocycles. The van der Waals surface area contributed by atoms with Gasteiger partial charge >= 0.3 is 11.9 Å². The Morgan fingerprint density at radius 2 is 0.561 bits per heavy atom. The lowest BCUT2D eigenvalue weighted by Gasteiger charge is -2.19. The van der Waals surface area contributed by atoms with Crippen LogP contribution in [0.15, 0.2) is 12.1 Å². The normalized spacial score (nSPS) is 11.3. The molecule has 1 aromatic carbocycles. The summed E-state index contributed by atoms with van der Waals surface area (Å²) in [4.78, 5) is 24.6. The first kappa shape index (κ1) is 61.6. The van der Waals surface area contributed by atoms with E-state index in [9.17, 15) is 9.59 Å². The summed E-state index contributed by atoms with van der Waals surface area (Å²) in [6.45, 7) is 11.0. The zero-order chi connectivity index (χ0) is 47.6. The SMILES string of the molecule is CCCCCCCCCCCCCCOc1cc(C(=O)OCCCCCCCCOC(C)=O)cc(OCCCCCCCCCCCCCC)c1OCCCCCCCCCCCCCC. The number of ether oxygens (including phenoxy) is 5. The summed E-state index contributed by atoms with van der Waals surface area (Å²) in [6.07, 6.45) is 52.6. The summed E-state index contributed by atoms with van der Waals surface area (Å²) in [7, 11) is 0. The zero-order valence-electron chi connectivity index (χ0n) is 44.2. The number of carbonyl (C=O) groups is 2. The fourth-order valence-corrected chi connectivity index (χ4v) is 8.79. The van der Waals surface area contributed by atoms with E-state index in [4.69, 9.17) is 23.7 Å². The molecule has 0 unspecified atom stereocenters. The van der Waals surface area contributed by atoms with Crippen LogP contribution < -0.4 is 14.2 Å². The van der Waals surface area contributed by atoms with Crippen LogP contribution in [0.5, 0.6) is 17.2 Å². The third-order valence-electron chi connectivity index (χ3n) is 13.1. The molecule has 0 bridgehead atoms. The molecule has 7 nitrogen and oxygen atoms in total. The Morgan fingerprint density at radius 3 is 0.848 bits per heavy atom. The van der Waals surface area contributed by atoms with Gasteiger partial charge in [0.15, 0.2) is 11.5 Å². The number of benzene rings is 1. The minimum atomic E-state index is -0.339. The molecule has 1 rings (SSSR count). The smallest absolute Gasteiger partial charge is 0.338 e. The van der Waals surface area contributed by atoms with Gasteiger partial charge in [0.1, 0.15) is 0 Å². The van der Waals surface area contributed by atoms with Gasteiger partial charge < -0.3 is 23.7 Å². The van der Waals surface area contributed by atoms with Gasteiger partial charge in [-0.2, -0.15) is 0 Å². The van der Waals surface area contributed by atoms with Gasteiger partial charge in [0, 0.05) is 6.92 Å². The maximum absolute atomic E-state index is 13.6. The number of unbranched alkanes of at least 4 members (excludes halogenated alkanes) is 38. The van der Waals surface area contributed by atoms with Crippen molar-refractivity contribution in [2.24, 2.45) is 0 Å². The van der Waals surface area contributed by atoms with Crippen molar-refractivity contribution >= 4 is 11.9 Å². The van der Waals surface area contributed by atoms with Crippen LogP contribution in [0, 0.1) is 0 Å². The molecule has 1 aromatic rings. The third-order valence-corrected chi connectivity index (χ3v) is 13.1. The first-order valence-corrected chi connectivity index (χ1v) is 28.9. The summed E-state index contributed by atoms with van der Waals surface area (Å²) >= 11 is 0. The quantitative estimate of drug-likeness (QED) is 0.0475. The highest BCUT2D eigenvalue weighted by Crippen LogP contribution is 2.40.